The predicted molar refractivity (Wildman–Crippen MR) is 84.8 cm³/mol. The van der Waals surface area contributed by atoms with Crippen molar-refractivity contribution in [1.29, 1.82) is 0 Å². The Hall–Kier alpha value is -1.85. The quantitative estimate of drug-likeness (QED) is 0.855. The Morgan fingerprint density at radius 3 is 2.68 bits per heavy atom. The molecule has 5 nitrogen and oxygen atoms in total. The van der Waals surface area contributed by atoms with Crippen molar-refractivity contribution in [2.24, 2.45) is 0 Å². The number of hydrogen-bond donors (Lipinski definition) is 2. The first-order chi connectivity index (χ1) is 10.5. The Bertz CT molecular complexity index is 650. The number of aromatic nitrogens is 1. The zero-order valence-electron chi connectivity index (χ0n) is 12.6. The third kappa shape index (κ3) is 3.48. The maximum Gasteiger partial charge on any atom is 0.274 e. The Morgan fingerprint density at radius 1 is 1.36 bits per heavy atom. The first-order valence-electron chi connectivity index (χ1n) is 7.19. The highest BCUT2D eigenvalue weighted by molar-refractivity contribution is 6.33. The first-order valence-corrected chi connectivity index (χ1v) is 7.57. The van der Waals surface area contributed by atoms with Crippen LogP contribution in [0, 0.1) is 0 Å². The van der Waals surface area contributed by atoms with Gasteiger partial charge in [0, 0.05) is 12.1 Å². The van der Waals surface area contributed by atoms with E-state index in [4.69, 9.17) is 16.0 Å². The van der Waals surface area contributed by atoms with Gasteiger partial charge in [-0.25, -0.2) is 4.98 Å². The van der Waals surface area contributed by atoms with Gasteiger partial charge in [-0.05, 0) is 25.0 Å². The van der Waals surface area contributed by atoms with Crippen LogP contribution in [0.3, 0.4) is 0 Å². The normalized spacial score (nSPS) is 11.5. The van der Waals surface area contributed by atoms with E-state index in [2.05, 4.69) is 10.3 Å². The van der Waals surface area contributed by atoms with E-state index in [-0.39, 0.29) is 12.2 Å². The highest BCUT2D eigenvalue weighted by Crippen LogP contribution is 2.29. The SMILES string of the molecule is CCC(O)(CC)CNC(=O)c1ncoc1-c1ccccc1Cl. The molecule has 0 bridgehead atoms. The van der Waals surface area contributed by atoms with Crippen LogP contribution in [0.25, 0.3) is 11.3 Å². The number of nitrogens with zero attached hydrogens (tertiary/aromatic N) is 1. The average Bonchev–Trinajstić information content (AvgIpc) is 3.02. The van der Waals surface area contributed by atoms with Crippen molar-refractivity contribution in [3.05, 3.63) is 41.4 Å². The van der Waals surface area contributed by atoms with E-state index in [0.29, 0.717) is 29.2 Å². The summed E-state index contributed by atoms with van der Waals surface area (Å²) >= 11 is 6.13. The van der Waals surface area contributed by atoms with E-state index >= 15 is 0 Å². The summed E-state index contributed by atoms with van der Waals surface area (Å²) in [6.07, 6.45) is 2.32. The number of nitrogens with one attached hydrogen (secondary N) is 1. The lowest BCUT2D eigenvalue weighted by Gasteiger charge is -2.25. The van der Waals surface area contributed by atoms with E-state index in [9.17, 15) is 9.90 Å². The zero-order valence-corrected chi connectivity index (χ0v) is 13.4. The monoisotopic (exact) mass is 322 g/mol. The molecule has 0 aliphatic carbocycles. The van der Waals surface area contributed by atoms with Gasteiger partial charge in [-0.1, -0.05) is 37.6 Å². The average molecular weight is 323 g/mol. The molecule has 1 aromatic heterocycles. The smallest absolute Gasteiger partial charge is 0.274 e. The maximum atomic E-state index is 12.3. The van der Waals surface area contributed by atoms with Gasteiger partial charge in [-0.2, -0.15) is 0 Å². The van der Waals surface area contributed by atoms with Gasteiger partial charge in [0.15, 0.2) is 17.8 Å². The number of aliphatic hydroxyl groups is 1. The number of carbonyl (C=O) groups excluding carboxylic acids is 1. The van der Waals surface area contributed by atoms with Crippen molar-refractivity contribution in [2.75, 3.05) is 6.54 Å². The second-order valence-electron chi connectivity index (χ2n) is 5.12. The summed E-state index contributed by atoms with van der Waals surface area (Å²) in [6, 6.07) is 7.07. The van der Waals surface area contributed by atoms with Crippen molar-refractivity contribution in [3.63, 3.8) is 0 Å². The van der Waals surface area contributed by atoms with E-state index < -0.39 is 11.5 Å². The lowest BCUT2D eigenvalue weighted by atomic mass is 9.97. The van der Waals surface area contributed by atoms with Crippen molar-refractivity contribution in [2.45, 2.75) is 32.3 Å². The van der Waals surface area contributed by atoms with Crippen LogP contribution in [0.1, 0.15) is 37.2 Å². The van der Waals surface area contributed by atoms with Crippen LogP contribution in [-0.4, -0.2) is 28.1 Å². The minimum atomic E-state index is -0.913. The van der Waals surface area contributed by atoms with Crippen molar-refractivity contribution in [3.8, 4) is 11.3 Å². The topological polar surface area (TPSA) is 75.4 Å². The fraction of sp³-hybridized carbons (Fsp3) is 0.375. The van der Waals surface area contributed by atoms with Crippen LogP contribution in [-0.2, 0) is 0 Å². The molecule has 0 aliphatic heterocycles. The molecule has 0 unspecified atom stereocenters. The molecule has 1 aromatic carbocycles. The van der Waals surface area contributed by atoms with Gasteiger partial charge in [-0.15, -0.1) is 0 Å². The molecule has 0 spiro atoms. The Labute approximate surface area is 134 Å². The van der Waals surface area contributed by atoms with E-state index in [0.717, 1.165) is 0 Å². The number of carbonyl (C=O) groups is 1. The van der Waals surface area contributed by atoms with Gasteiger partial charge >= 0.3 is 0 Å². The molecule has 0 atom stereocenters. The van der Waals surface area contributed by atoms with Gasteiger partial charge in [-0.3, -0.25) is 4.79 Å². The summed E-state index contributed by atoms with van der Waals surface area (Å²) in [4.78, 5) is 16.3. The second-order valence-corrected chi connectivity index (χ2v) is 5.53. The largest absolute Gasteiger partial charge is 0.443 e. The Balaban J connectivity index is 2.19. The molecule has 2 N–H and O–H groups in total. The lowest BCUT2D eigenvalue weighted by Crippen LogP contribution is -2.42. The van der Waals surface area contributed by atoms with Gasteiger partial charge in [0.1, 0.15) is 0 Å². The van der Waals surface area contributed by atoms with E-state index in [1.807, 2.05) is 13.8 Å². The minimum absolute atomic E-state index is 0.155. The van der Waals surface area contributed by atoms with Crippen LogP contribution in [0.15, 0.2) is 35.1 Å². The zero-order chi connectivity index (χ0) is 16.2. The summed E-state index contributed by atoms with van der Waals surface area (Å²) in [5, 5.41) is 13.4. The molecule has 0 saturated heterocycles. The number of hydrogen-bond acceptors (Lipinski definition) is 4. The van der Waals surface area contributed by atoms with Crippen LogP contribution in [0.5, 0.6) is 0 Å². The Morgan fingerprint density at radius 2 is 2.05 bits per heavy atom. The molecule has 2 rings (SSSR count). The highest BCUT2D eigenvalue weighted by Gasteiger charge is 2.25. The van der Waals surface area contributed by atoms with Crippen molar-refractivity contribution < 1.29 is 14.3 Å². The number of halogens is 1. The van der Waals surface area contributed by atoms with Gasteiger partial charge in [0.25, 0.3) is 5.91 Å². The molecule has 118 valence electrons. The molecule has 0 radical (unpaired) electrons. The molecular weight excluding hydrogens is 304 g/mol. The van der Waals surface area contributed by atoms with Crippen LogP contribution >= 0.6 is 11.6 Å². The van der Waals surface area contributed by atoms with Crippen LogP contribution in [0.2, 0.25) is 5.02 Å². The van der Waals surface area contributed by atoms with Crippen molar-refractivity contribution >= 4 is 17.5 Å². The maximum absolute atomic E-state index is 12.3. The summed E-state index contributed by atoms with van der Waals surface area (Å²) in [6.45, 7) is 3.91. The molecule has 22 heavy (non-hydrogen) atoms. The van der Waals surface area contributed by atoms with Crippen LogP contribution in [0.4, 0.5) is 0 Å². The fourth-order valence-electron chi connectivity index (χ4n) is 2.07. The first kappa shape index (κ1) is 16.5. The van der Waals surface area contributed by atoms with Crippen molar-refractivity contribution in [1.82, 2.24) is 10.3 Å². The lowest BCUT2D eigenvalue weighted by molar-refractivity contribution is 0.0313. The number of amides is 1. The summed E-state index contributed by atoms with van der Waals surface area (Å²) in [5.41, 5.74) is -0.153. The standard InChI is InChI=1S/C16H19ClN2O3/c1-3-16(21,4-2)9-18-15(20)13-14(22-10-19-13)11-7-5-6-8-12(11)17/h5-8,10,21H,3-4,9H2,1-2H3,(H,18,20). The number of benzene rings is 1. The highest BCUT2D eigenvalue weighted by atomic mass is 35.5. The third-order valence-electron chi connectivity index (χ3n) is 3.80. The predicted octanol–water partition coefficient (Wildman–Crippen LogP) is 3.28. The molecule has 1 heterocycles. The molecule has 6 heteroatoms. The van der Waals surface area contributed by atoms with E-state index in [1.165, 1.54) is 6.39 Å². The summed E-state index contributed by atoms with van der Waals surface area (Å²) in [5.74, 6) is -0.0800. The van der Waals surface area contributed by atoms with Gasteiger partial charge < -0.3 is 14.8 Å². The summed E-state index contributed by atoms with van der Waals surface area (Å²) in [7, 11) is 0. The molecule has 2 aromatic rings. The fourth-order valence-corrected chi connectivity index (χ4v) is 2.29. The van der Waals surface area contributed by atoms with Crippen LogP contribution < -0.4 is 5.32 Å². The summed E-state index contributed by atoms with van der Waals surface area (Å²) < 4.78 is 5.32. The van der Waals surface area contributed by atoms with Gasteiger partial charge in [0.2, 0.25) is 0 Å². The Kier molecular flexibility index (Phi) is 5.21. The minimum Gasteiger partial charge on any atom is -0.443 e. The van der Waals surface area contributed by atoms with E-state index in [1.54, 1.807) is 24.3 Å². The molecule has 0 aliphatic rings. The molecule has 0 fully saturated rings. The number of oxazole rings is 1. The third-order valence-corrected chi connectivity index (χ3v) is 4.12. The molecule has 1 amide bonds. The second kappa shape index (κ2) is 6.94. The molecule has 0 saturated carbocycles. The molecular formula is C16H19ClN2O3. The van der Waals surface area contributed by atoms with Gasteiger partial charge in [0.05, 0.1) is 10.6 Å². The number of rotatable bonds is 6.